The molecule has 3 aromatic carbocycles. The first-order chi connectivity index (χ1) is 13.5. The average Bonchev–Trinajstić information content (AvgIpc) is 2.70. The Balaban J connectivity index is 1.62. The minimum absolute atomic E-state index is 0.0497. The first-order valence-electron chi connectivity index (χ1n) is 8.55. The Morgan fingerprint density at radius 3 is 2.39 bits per heavy atom. The third-order valence-corrected chi connectivity index (χ3v) is 4.57. The van der Waals surface area contributed by atoms with E-state index in [1.54, 1.807) is 18.2 Å². The number of hydrogen-bond acceptors (Lipinski definition) is 4. The van der Waals surface area contributed by atoms with Crippen LogP contribution in [0.2, 0.25) is 0 Å². The number of ether oxygens (including phenoxy) is 2. The zero-order chi connectivity index (χ0) is 19.9. The van der Waals surface area contributed by atoms with Gasteiger partial charge < -0.3 is 14.6 Å². The van der Waals surface area contributed by atoms with Crippen LogP contribution in [0, 0.1) is 0 Å². The summed E-state index contributed by atoms with van der Waals surface area (Å²) in [6.45, 7) is 0.508. The molecule has 0 radical (unpaired) electrons. The molecule has 5 nitrogen and oxygen atoms in total. The fourth-order valence-electron chi connectivity index (χ4n) is 2.53. The predicted molar refractivity (Wildman–Crippen MR) is 108 cm³/mol. The molecule has 0 unspecified atom stereocenters. The smallest absolute Gasteiger partial charge is 0.343 e. The Bertz CT molecular complexity index is 985. The highest BCUT2D eigenvalue weighted by Crippen LogP contribution is 2.27. The molecule has 1 N–H and O–H groups in total. The number of carboxylic acids is 1. The number of hydrogen-bond donors (Lipinski definition) is 1. The van der Waals surface area contributed by atoms with Crippen molar-refractivity contribution in [1.29, 1.82) is 0 Å². The second-order valence-corrected chi connectivity index (χ2v) is 6.81. The summed E-state index contributed by atoms with van der Waals surface area (Å²) in [4.78, 5) is 23.3. The summed E-state index contributed by atoms with van der Waals surface area (Å²) in [5, 5.41) is 9.01. The summed E-state index contributed by atoms with van der Waals surface area (Å²) in [7, 11) is 0. The molecule has 0 aliphatic carbocycles. The van der Waals surface area contributed by atoms with E-state index in [2.05, 4.69) is 15.9 Å². The number of aromatic carboxylic acids is 1. The molecule has 0 atom stereocenters. The number of benzene rings is 3. The summed E-state index contributed by atoms with van der Waals surface area (Å²) in [6.07, 6.45) is 0.775. The summed E-state index contributed by atoms with van der Waals surface area (Å²) in [6, 6.07) is 20.7. The van der Waals surface area contributed by atoms with Crippen molar-refractivity contribution in [3.05, 3.63) is 94.0 Å². The zero-order valence-corrected chi connectivity index (χ0v) is 16.4. The van der Waals surface area contributed by atoms with Gasteiger partial charge in [0.05, 0.1) is 22.2 Å². The lowest BCUT2D eigenvalue weighted by atomic mass is 10.2. The molecule has 0 saturated heterocycles. The van der Waals surface area contributed by atoms with Crippen LogP contribution < -0.4 is 9.47 Å². The van der Waals surface area contributed by atoms with Gasteiger partial charge >= 0.3 is 11.9 Å². The maximum atomic E-state index is 12.3. The van der Waals surface area contributed by atoms with Crippen molar-refractivity contribution in [3.8, 4) is 11.5 Å². The van der Waals surface area contributed by atoms with Crippen LogP contribution in [0.25, 0.3) is 0 Å². The van der Waals surface area contributed by atoms with Crippen LogP contribution in [0.1, 0.15) is 26.3 Å². The van der Waals surface area contributed by atoms with Crippen molar-refractivity contribution in [2.24, 2.45) is 0 Å². The average molecular weight is 441 g/mol. The van der Waals surface area contributed by atoms with Crippen LogP contribution in [0.5, 0.6) is 11.5 Å². The topological polar surface area (TPSA) is 72.8 Å². The Morgan fingerprint density at radius 2 is 1.68 bits per heavy atom. The van der Waals surface area contributed by atoms with Gasteiger partial charge in [-0.05, 0) is 57.9 Å². The lowest BCUT2D eigenvalue weighted by Gasteiger charge is -2.10. The molecule has 0 bridgehead atoms. The Morgan fingerprint density at radius 1 is 0.893 bits per heavy atom. The van der Waals surface area contributed by atoms with Gasteiger partial charge in [-0.2, -0.15) is 0 Å². The molecule has 0 aliphatic heterocycles. The van der Waals surface area contributed by atoms with E-state index in [4.69, 9.17) is 14.6 Å². The van der Waals surface area contributed by atoms with E-state index in [0.29, 0.717) is 22.4 Å². The molecule has 0 aliphatic rings. The largest absolute Gasteiger partial charge is 0.492 e. The van der Waals surface area contributed by atoms with Crippen molar-refractivity contribution >= 4 is 27.9 Å². The van der Waals surface area contributed by atoms with Gasteiger partial charge in [0.1, 0.15) is 11.5 Å². The molecule has 0 fully saturated rings. The first kappa shape index (κ1) is 19.6. The maximum Gasteiger partial charge on any atom is 0.343 e. The zero-order valence-electron chi connectivity index (χ0n) is 14.8. The lowest BCUT2D eigenvalue weighted by Crippen LogP contribution is -2.09. The number of carboxylic acid groups (broad SMARTS) is 1. The van der Waals surface area contributed by atoms with Crippen LogP contribution in [-0.2, 0) is 6.42 Å². The molecule has 3 aromatic rings. The SMILES string of the molecule is O=C(O)c1cccc(OC(=O)c2ccc(OCCc3ccccc3)c(Br)c2)c1. The monoisotopic (exact) mass is 440 g/mol. The van der Waals surface area contributed by atoms with E-state index >= 15 is 0 Å². The van der Waals surface area contributed by atoms with Crippen molar-refractivity contribution in [1.82, 2.24) is 0 Å². The Labute approximate surface area is 170 Å². The standard InChI is InChI=1S/C22H17BrO5/c23-19-14-17(22(26)28-18-8-4-7-16(13-18)21(24)25)9-10-20(19)27-12-11-15-5-2-1-3-6-15/h1-10,13-14H,11-12H2,(H,24,25). The van der Waals surface area contributed by atoms with Crippen LogP contribution in [0.15, 0.2) is 77.3 Å². The molecule has 0 aromatic heterocycles. The van der Waals surface area contributed by atoms with Gasteiger partial charge in [0.2, 0.25) is 0 Å². The van der Waals surface area contributed by atoms with Crippen molar-refractivity contribution in [2.45, 2.75) is 6.42 Å². The minimum atomic E-state index is -1.09. The molecular weight excluding hydrogens is 424 g/mol. The molecule has 142 valence electrons. The highest BCUT2D eigenvalue weighted by molar-refractivity contribution is 9.10. The maximum absolute atomic E-state index is 12.3. The number of rotatable bonds is 7. The van der Waals surface area contributed by atoms with E-state index in [0.717, 1.165) is 6.42 Å². The number of halogens is 1. The Hall–Kier alpha value is -3.12. The van der Waals surface area contributed by atoms with Crippen molar-refractivity contribution in [2.75, 3.05) is 6.61 Å². The van der Waals surface area contributed by atoms with Crippen LogP contribution in [0.4, 0.5) is 0 Å². The predicted octanol–water partition coefficient (Wildman–Crippen LogP) is 4.99. The van der Waals surface area contributed by atoms with E-state index in [9.17, 15) is 9.59 Å². The second kappa shape index (κ2) is 9.19. The van der Waals surface area contributed by atoms with Gasteiger partial charge in [0.25, 0.3) is 0 Å². The number of esters is 1. The highest BCUT2D eigenvalue weighted by Gasteiger charge is 2.13. The van der Waals surface area contributed by atoms with Gasteiger partial charge in [-0.1, -0.05) is 36.4 Å². The molecule has 28 heavy (non-hydrogen) atoms. The van der Waals surface area contributed by atoms with Gasteiger partial charge in [0, 0.05) is 6.42 Å². The van der Waals surface area contributed by atoms with E-state index in [1.807, 2.05) is 30.3 Å². The normalized spacial score (nSPS) is 10.3. The second-order valence-electron chi connectivity index (χ2n) is 5.95. The molecule has 6 heteroatoms. The van der Waals surface area contributed by atoms with E-state index in [-0.39, 0.29) is 11.3 Å². The van der Waals surface area contributed by atoms with Crippen LogP contribution in [-0.4, -0.2) is 23.7 Å². The van der Waals surface area contributed by atoms with Gasteiger partial charge in [-0.15, -0.1) is 0 Å². The molecule has 0 spiro atoms. The summed E-state index contributed by atoms with van der Waals surface area (Å²) in [5.74, 6) is -0.874. The third kappa shape index (κ3) is 5.20. The third-order valence-electron chi connectivity index (χ3n) is 3.95. The van der Waals surface area contributed by atoms with Crippen molar-refractivity contribution in [3.63, 3.8) is 0 Å². The summed E-state index contributed by atoms with van der Waals surface area (Å²) in [5.41, 5.74) is 1.55. The van der Waals surface area contributed by atoms with Crippen LogP contribution in [0.3, 0.4) is 0 Å². The quantitative estimate of drug-likeness (QED) is 0.413. The summed E-state index contributed by atoms with van der Waals surface area (Å²) >= 11 is 3.41. The fraction of sp³-hybridized carbons (Fsp3) is 0.0909. The molecule has 0 saturated carbocycles. The first-order valence-corrected chi connectivity index (χ1v) is 9.34. The van der Waals surface area contributed by atoms with Gasteiger partial charge in [-0.25, -0.2) is 9.59 Å². The molecule has 0 amide bonds. The van der Waals surface area contributed by atoms with Crippen molar-refractivity contribution < 1.29 is 24.2 Å². The fourth-order valence-corrected chi connectivity index (χ4v) is 3.02. The van der Waals surface area contributed by atoms with E-state index in [1.165, 1.54) is 29.8 Å². The molecular formula is C22H17BrO5. The number of carbonyl (C=O) groups is 2. The molecule has 0 heterocycles. The van der Waals surface area contributed by atoms with Crippen LogP contribution >= 0.6 is 15.9 Å². The van der Waals surface area contributed by atoms with Gasteiger partial charge in [0.15, 0.2) is 0 Å². The Kier molecular flexibility index (Phi) is 6.45. The minimum Gasteiger partial charge on any atom is -0.492 e. The van der Waals surface area contributed by atoms with Gasteiger partial charge in [-0.3, -0.25) is 0 Å². The lowest BCUT2D eigenvalue weighted by molar-refractivity contribution is 0.0687. The number of carbonyl (C=O) groups excluding carboxylic acids is 1. The van der Waals surface area contributed by atoms with E-state index < -0.39 is 11.9 Å². The molecule has 3 rings (SSSR count). The summed E-state index contributed by atoms with van der Waals surface area (Å²) < 4.78 is 11.7. The highest BCUT2D eigenvalue weighted by atomic mass is 79.9.